The lowest BCUT2D eigenvalue weighted by Gasteiger charge is -2.24. The zero-order valence-electron chi connectivity index (χ0n) is 15.3. The zero-order valence-corrected chi connectivity index (χ0v) is 15.3. The fraction of sp³-hybridized carbons (Fsp3) is 0.211. The van der Waals surface area contributed by atoms with E-state index in [1.807, 2.05) is 0 Å². The molecule has 0 N–H and O–H groups in total. The van der Waals surface area contributed by atoms with Crippen LogP contribution in [-0.2, 0) is 23.8 Å². The molecule has 0 fully saturated rings. The van der Waals surface area contributed by atoms with E-state index in [2.05, 4.69) is 9.47 Å². The average molecular weight is 393 g/mol. The monoisotopic (exact) mass is 393 g/mol. The topological polar surface area (TPSA) is 82.1 Å². The van der Waals surface area contributed by atoms with Crippen molar-refractivity contribution >= 4 is 23.6 Å². The maximum Gasteiger partial charge on any atom is 0.355 e. The lowest BCUT2D eigenvalue weighted by atomic mass is 10.1. The summed E-state index contributed by atoms with van der Waals surface area (Å²) in [6.45, 7) is 1.58. The van der Waals surface area contributed by atoms with Crippen LogP contribution in [0.15, 0.2) is 47.8 Å². The molecule has 0 spiro atoms. The highest BCUT2D eigenvalue weighted by Gasteiger charge is 2.31. The summed E-state index contributed by atoms with van der Waals surface area (Å²) in [7, 11) is 2.15. The standard InChI is InChI=1S/C19H17F2NO6/c1-4-28-17(23)11-9-13(20)16(14(21)10-11)22-8-6-5-7-12(18(24)26-2)15(22)19(25)27-3/h5-10H,4H2,1-3H3. The highest BCUT2D eigenvalue weighted by Crippen LogP contribution is 2.32. The van der Waals surface area contributed by atoms with Crippen molar-refractivity contribution in [3.05, 3.63) is 65.0 Å². The van der Waals surface area contributed by atoms with Gasteiger partial charge in [-0.05, 0) is 31.2 Å². The summed E-state index contributed by atoms with van der Waals surface area (Å²) in [4.78, 5) is 36.9. The Morgan fingerprint density at radius 2 is 1.57 bits per heavy atom. The summed E-state index contributed by atoms with van der Waals surface area (Å²) in [5.74, 6) is -5.14. The van der Waals surface area contributed by atoms with Gasteiger partial charge in [-0.2, -0.15) is 0 Å². The molecule has 0 aliphatic carbocycles. The van der Waals surface area contributed by atoms with E-state index < -0.39 is 40.9 Å². The second kappa shape index (κ2) is 8.94. The van der Waals surface area contributed by atoms with Crippen LogP contribution < -0.4 is 4.90 Å². The van der Waals surface area contributed by atoms with Gasteiger partial charge in [-0.3, -0.25) is 0 Å². The van der Waals surface area contributed by atoms with Crippen molar-refractivity contribution in [2.24, 2.45) is 0 Å². The Labute approximate surface area is 159 Å². The summed E-state index contributed by atoms with van der Waals surface area (Å²) >= 11 is 0. The minimum Gasteiger partial charge on any atom is -0.465 e. The lowest BCUT2D eigenvalue weighted by Crippen LogP contribution is -2.28. The Hall–Kier alpha value is -3.49. The van der Waals surface area contributed by atoms with E-state index in [0.717, 1.165) is 31.3 Å². The van der Waals surface area contributed by atoms with E-state index in [1.54, 1.807) is 6.92 Å². The summed E-state index contributed by atoms with van der Waals surface area (Å²) in [6, 6.07) is 1.55. The highest BCUT2D eigenvalue weighted by atomic mass is 19.1. The molecule has 0 atom stereocenters. The third-order valence-electron chi connectivity index (χ3n) is 3.66. The first kappa shape index (κ1) is 20.8. The van der Waals surface area contributed by atoms with Crippen LogP contribution in [0.5, 0.6) is 0 Å². The number of esters is 3. The Kier molecular flexibility index (Phi) is 6.64. The number of carbonyl (C=O) groups is 3. The van der Waals surface area contributed by atoms with Gasteiger partial charge >= 0.3 is 17.9 Å². The third kappa shape index (κ3) is 4.08. The first-order valence-electron chi connectivity index (χ1n) is 8.06. The SMILES string of the molecule is CCOC(=O)c1cc(F)c(N2C=CC=CC(C(=O)OC)=C2C(=O)OC)c(F)c1. The van der Waals surface area contributed by atoms with Crippen LogP contribution in [0.4, 0.5) is 14.5 Å². The van der Waals surface area contributed by atoms with Crippen molar-refractivity contribution in [2.75, 3.05) is 25.7 Å². The van der Waals surface area contributed by atoms with Crippen LogP contribution in [-0.4, -0.2) is 38.7 Å². The largest absolute Gasteiger partial charge is 0.465 e. The molecule has 1 aliphatic heterocycles. The molecular formula is C19H17F2NO6. The molecule has 2 rings (SSSR count). The van der Waals surface area contributed by atoms with Crippen molar-refractivity contribution < 1.29 is 37.4 Å². The molecule has 0 radical (unpaired) electrons. The van der Waals surface area contributed by atoms with Crippen LogP contribution in [0.1, 0.15) is 17.3 Å². The van der Waals surface area contributed by atoms with E-state index in [0.29, 0.717) is 0 Å². The van der Waals surface area contributed by atoms with Gasteiger partial charge in [0.2, 0.25) is 0 Å². The third-order valence-corrected chi connectivity index (χ3v) is 3.66. The number of hydrogen-bond acceptors (Lipinski definition) is 7. The van der Waals surface area contributed by atoms with E-state index >= 15 is 0 Å². The number of methoxy groups -OCH3 is 2. The summed E-state index contributed by atoms with van der Waals surface area (Å²) < 4.78 is 43.5. The summed E-state index contributed by atoms with van der Waals surface area (Å²) in [5, 5.41) is 0. The van der Waals surface area contributed by atoms with Crippen LogP contribution >= 0.6 is 0 Å². The van der Waals surface area contributed by atoms with Crippen LogP contribution in [0.2, 0.25) is 0 Å². The Balaban J connectivity index is 2.68. The molecule has 0 unspecified atom stereocenters. The molecule has 0 aromatic heterocycles. The number of benzene rings is 1. The van der Waals surface area contributed by atoms with Gasteiger partial charge in [-0.25, -0.2) is 23.2 Å². The quantitative estimate of drug-likeness (QED) is 0.562. The number of halogens is 2. The molecule has 7 nitrogen and oxygen atoms in total. The second-order valence-electron chi connectivity index (χ2n) is 5.33. The number of anilines is 1. The minimum atomic E-state index is -1.15. The Morgan fingerprint density at radius 1 is 0.964 bits per heavy atom. The van der Waals surface area contributed by atoms with Gasteiger partial charge < -0.3 is 19.1 Å². The molecule has 0 saturated heterocycles. The Bertz CT molecular complexity index is 881. The number of allylic oxidation sites excluding steroid dienone is 2. The number of carbonyl (C=O) groups excluding carboxylic acids is 3. The maximum absolute atomic E-state index is 14.7. The second-order valence-corrected chi connectivity index (χ2v) is 5.33. The first-order valence-corrected chi connectivity index (χ1v) is 8.06. The molecule has 0 saturated carbocycles. The summed E-state index contributed by atoms with van der Waals surface area (Å²) in [5.41, 5.74) is -1.75. The molecule has 1 aliphatic rings. The van der Waals surface area contributed by atoms with Gasteiger partial charge in [-0.1, -0.05) is 6.08 Å². The number of ether oxygens (including phenoxy) is 3. The van der Waals surface area contributed by atoms with Gasteiger partial charge in [0.1, 0.15) is 11.4 Å². The smallest absolute Gasteiger partial charge is 0.355 e. The fourth-order valence-electron chi connectivity index (χ4n) is 2.46. The van der Waals surface area contributed by atoms with Crippen molar-refractivity contribution in [1.82, 2.24) is 0 Å². The van der Waals surface area contributed by atoms with Crippen molar-refractivity contribution in [3.63, 3.8) is 0 Å². The van der Waals surface area contributed by atoms with Gasteiger partial charge in [0, 0.05) is 6.20 Å². The van der Waals surface area contributed by atoms with E-state index in [-0.39, 0.29) is 17.7 Å². The van der Waals surface area contributed by atoms with E-state index in [4.69, 9.17) is 4.74 Å². The lowest BCUT2D eigenvalue weighted by molar-refractivity contribution is -0.139. The van der Waals surface area contributed by atoms with Gasteiger partial charge in [0.15, 0.2) is 11.6 Å². The normalized spacial score (nSPS) is 13.2. The van der Waals surface area contributed by atoms with Crippen molar-refractivity contribution in [1.29, 1.82) is 0 Å². The molecule has 9 heteroatoms. The predicted octanol–water partition coefficient (Wildman–Crippen LogP) is 2.63. The summed E-state index contributed by atoms with van der Waals surface area (Å²) in [6.07, 6.45) is 5.16. The molecule has 148 valence electrons. The molecule has 0 amide bonds. The minimum absolute atomic E-state index is 0.0298. The van der Waals surface area contributed by atoms with E-state index in [9.17, 15) is 23.2 Å². The predicted molar refractivity (Wildman–Crippen MR) is 94.1 cm³/mol. The van der Waals surface area contributed by atoms with Crippen LogP contribution in [0.25, 0.3) is 0 Å². The van der Waals surface area contributed by atoms with Crippen molar-refractivity contribution in [3.8, 4) is 0 Å². The number of hydrogen-bond donors (Lipinski definition) is 0. The number of nitrogens with zero attached hydrogens (tertiary/aromatic N) is 1. The maximum atomic E-state index is 14.7. The fourth-order valence-corrected chi connectivity index (χ4v) is 2.46. The molecular weight excluding hydrogens is 376 g/mol. The van der Waals surface area contributed by atoms with Gasteiger partial charge in [0.25, 0.3) is 0 Å². The molecule has 0 bridgehead atoms. The van der Waals surface area contributed by atoms with Gasteiger partial charge in [-0.15, -0.1) is 0 Å². The van der Waals surface area contributed by atoms with Crippen LogP contribution in [0.3, 0.4) is 0 Å². The Morgan fingerprint density at radius 3 is 2.11 bits per heavy atom. The van der Waals surface area contributed by atoms with Crippen LogP contribution in [0, 0.1) is 11.6 Å². The average Bonchev–Trinajstić information content (AvgIpc) is 2.89. The molecule has 1 heterocycles. The first-order chi connectivity index (χ1) is 13.3. The van der Waals surface area contributed by atoms with E-state index in [1.165, 1.54) is 24.4 Å². The van der Waals surface area contributed by atoms with Crippen molar-refractivity contribution in [2.45, 2.75) is 6.92 Å². The van der Waals surface area contributed by atoms with Gasteiger partial charge in [0.05, 0.1) is 32.0 Å². The molecule has 1 aromatic rings. The zero-order chi connectivity index (χ0) is 20.8. The molecule has 28 heavy (non-hydrogen) atoms. The molecule has 1 aromatic carbocycles. The highest BCUT2D eigenvalue weighted by molar-refractivity contribution is 6.05. The number of rotatable bonds is 5.